The summed E-state index contributed by atoms with van der Waals surface area (Å²) in [5.74, 6) is 0.698. The van der Waals surface area contributed by atoms with E-state index in [1.165, 1.54) is 31.2 Å². The highest BCUT2D eigenvalue weighted by Gasteiger charge is 2.15. The third-order valence-corrected chi connectivity index (χ3v) is 4.39. The summed E-state index contributed by atoms with van der Waals surface area (Å²) in [6.45, 7) is 2.33. The van der Waals surface area contributed by atoms with Crippen LogP contribution >= 0.6 is 0 Å². The highest BCUT2D eigenvalue weighted by molar-refractivity contribution is 5.64. The van der Waals surface area contributed by atoms with Gasteiger partial charge in [0.05, 0.1) is 6.61 Å². The van der Waals surface area contributed by atoms with Gasteiger partial charge in [-0.25, -0.2) is 4.39 Å². The molecule has 0 spiro atoms. The number of rotatable bonds is 4. The van der Waals surface area contributed by atoms with E-state index in [1.54, 1.807) is 12.1 Å². The lowest BCUT2D eigenvalue weighted by atomic mass is 9.84. The predicted molar refractivity (Wildman–Crippen MR) is 88.5 cm³/mol. The minimum Gasteiger partial charge on any atom is -0.491 e. The molecule has 115 valence electrons. The van der Waals surface area contributed by atoms with E-state index in [0.29, 0.717) is 18.3 Å². The lowest BCUT2D eigenvalue weighted by molar-refractivity contribution is 0.321. The largest absolute Gasteiger partial charge is 0.491 e. The van der Waals surface area contributed by atoms with Crippen molar-refractivity contribution in [3.05, 3.63) is 60.3 Å². The summed E-state index contributed by atoms with van der Waals surface area (Å²) in [5, 5.41) is 0. The fourth-order valence-corrected chi connectivity index (χ4v) is 3.16. The molecule has 1 aliphatic rings. The van der Waals surface area contributed by atoms with Crippen LogP contribution in [0, 0.1) is 12.2 Å². The van der Waals surface area contributed by atoms with Crippen molar-refractivity contribution in [2.75, 3.05) is 6.61 Å². The molecule has 0 saturated heterocycles. The fourth-order valence-electron chi connectivity index (χ4n) is 3.16. The summed E-state index contributed by atoms with van der Waals surface area (Å²) in [4.78, 5) is 0. The van der Waals surface area contributed by atoms with E-state index in [0.717, 1.165) is 11.1 Å². The van der Waals surface area contributed by atoms with Gasteiger partial charge in [0.25, 0.3) is 0 Å². The van der Waals surface area contributed by atoms with Crippen molar-refractivity contribution in [2.45, 2.75) is 38.5 Å². The van der Waals surface area contributed by atoms with Gasteiger partial charge in [-0.2, -0.15) is 0 Å². The van der Waals surface area contributed by atoms with Gasteiger partial charge in [-0.1, -0.05) is 30.3 Å². The molecule has 2 aromatic rings. The normalized spacial score (nSPS) is 15.7. The molecule has 1 saturated carbocycles. The van der Waals surface area contributed by atoms with E-state index in [2.05, 4.69) is 30.7 Å². The van der Waals surface area contributed by atoms with Crippen LogP contribution in [0.1, 0.15) is 44.1 Å². The molecule has 0 aliphatic heterocycles. The zero-order valence-electron chi connectivity index (χ0n) is 13.0. The van der Waals surface area contributed by atoms with Gasteiger partial charge in [0, 0.05) is 0 Å². The molecule has 0 amide bonds. The quantitative estimate of drug-likeness (QED) is 0.698. The fraction of sp³-hybridized carbons (Fsp3) is 0.350. The van der Waals surface area contributed by atoms with Crippen molar-refractivity contribution in [1.29, 1.82) is 0 Å². The lowest BCUT2D eigenvalue weighted by Crippen LogP contribution is -2.04. The maximum Gasteiger partial charge on any atom is 0.165 e. The van der Waals surface area contributed by atoms with Crippen molar-refractivity contribution in [2.24, 2.45) is 0 Å². The van der Waals surface area contributed by atoms with Crippen molar-refractivity contribution in [3.8, 4) is 16.9 Å². The number of hydrogen-bond donors (Lipinski definition) is 0. The van der Waals surface area contributed by atoms with Gasteiger partial charge in [-0.15, -0.1) is 0 Å². The summed E-state index contributed by atoms with van der Waals surface area (Å²) in [5.41, 5.74) is 3.35. The summed E-state index contributed by atoms with van der Waals surface area (Å²) >= 11 is 0. The Kier molecular flexibility index (Phi) is 4.77. The first kappa shape index (κ1) is 15.1. The molecular weight excluding hydrogens is 275 g/mol. The second kappa shape index (κ2) is 6.95. The van der Waals surface area contributed by atoms with E-state index >= 15 is 0 Å². The van der Waals surface area contributed by atoms with Crippen LogP contribution in [0.25, 0.3) is 11.1 Å². The van der Waals surface area contributed by atoms with E-state index in [9.17, 15) is 4.39 Å². The lowest BCUT2D eigenvalue weighted by Gasteiger charge is -2.22. The molecule has 0 unspecified atom stereocenters. The van der Waals surface area contributed by atoms with Gasteiger partial charge in [-0.3, -0.25) is 0 Å². The highest BCUT2D eigenvalue weighted by atomic mass is 19.1. The molecule has 1 nitrogen and oxygen atoms in total. The Morgan fingerprint density at radius 3 is 2.32 bits per heavy atom. The molecule has 3 rings (SSSR count). The van der Waals surface area contributed by atoms with E-state index < -0.39 is 0 Å². The number of halogens is 1. The minimum absolute atomic E-state index is 0.300. The molecule has 0 bridgehead atoms. The molecule has 1 aliphatic carbocycles. The van der Waals surface area contributed by atoms with E-state index in [-0.39, 0.29) is 5.82 Å². The zero-order chi connectivity index (χ0) is 15.4. The molecule has 0 heterocycles. The summed E-state index contributed by atoms with van der Waals surface area (Å²) in [6, 6.07) is 13.8. The van der Waals surface area contributed by atoms with Crippen molar-refractivity contribution in [1.82, 2.24) is 0 Å². The van der Waals surface area contributed by atoms with Crippen LogP contribution in [0.15, 0.2) is 42.5 Å². The first-order valence-electron chi connectivity index (χ1n) is 8.12. The Morgan fingerprint density at radius 1 is 1.00 bits per heavy atom. The molecule has 1 fully saturated rings. The molecule has 2 heteroatoms. The Labute approximate surface area is 132 Å². The third kappa shape index (κ3) is 3.32. The van der Waals surface area contributed by atoms with Gasteiger partial charge in [0.1, 0.15) is 0 Å². The monoisotopic (exact) mass is 297 g/mol. The molecule has 0 N–H and O–H groups in total. The van der Waals surface area contributed by atoms with Crippen molar-refractivity contribution in [3.63, 3.8) is 0 Å². The Balaban J connectivity index is 1.78. The Hall–Kier alpha value is -1.83. The number of ether oxygens (including phenoxy) is 1. The summed E-state index contributed by atoms with van der Waals surface area (Å²) in [7, 11) is 0. The predicted octanol–water partition coefficient (Wildman–Crippen LogP) is 5.75. The second-order valence-corrected chi connectivity index (χ2v) is 5.84. The van der Waals surface area contributed by atoms with E-state index in [1.807, 2.05) is 13.0 Å². The van der Waals surface area contributed by atoms with Gasteiger partial charge >= 0.3 is 0 Å². The van der Waals surface area contributed by atoms with Gasteiger partial charge in [0.15, 0.2) is 11.6 Å². The maximum atomic E-state index is 14.0. The van der Waals surface area contributed by atoms with E-state index in [4.69, 9.17) is 4.74 Å². The number of hydrogen-bond acceptors (Lipinski definition) is 1. The average molecular weight is 297 g/mol. The van der Waals surface area contributed by atoms with Crippen LogP contribution in [0.5, 0.6) is 5.75 Å². The topological polar surface area (TPSA) is 9.23 Å². The minimum atomic E-state index is -0.300. The van der Waals surface area contributed by atoms with Crippen LogP contribution in [-0.4, -0.2) is 6.61 Å². The van der Waals surface area contributed by atoms with Crippen LogP contribution in [0.3, 0.4) is 0 Å². The summed E-state index contributed by atoms with van der Waals surface area (Å²) < 4.78 is 19.2. The number of benzene rings is 2. The average Bonchev–Trinajstić information content (AvgIpc) is 2.58. The zero-order valence-corrected chi connectivity index (χ0v) is 13.0. The third-order valence-electron chi connectivity index (χ3n) is 4.39. The standard InChI is InChI=1S/C20H22FO/c1-2-22-20-13-12-18(14-19(20)21)17-10-8-16(9-11-17)15-6-4-3-5-7-15/h3,8-15H,2,4-7H2,1H3. The van der Waals surface area contributed by atoms with Crippen molar-refractivity contribution >= 4 is 0 Å². The Morgan fingerprint density at radius 2 is 1.68 bits per heavy atom. The van der Waals surface area contributed by atoms with Crippen LogP contribution in [-0.2, 0) is 0 Å². The molecule has 0 atom stereocenters. The second-order valence-electron chi connectivity index (χ2n) is 5.84. The first-order chi connectivity index (χ1) is 10.8. The first-order valence-corrected chi connectivity index (χ1v) is 8.12. The van der Waals surface area contributed by atoms with Crippen LogP contribution in [0.4, 0.5) is 4.39 Å². The molecule has 22 heavy (non-hydrogen) atoms. The van der Waals surface area contributed by atoms with Gasteiger partial charge in [-0.05, 0) is 73.8 Å². The van der Waals surface area contributed by atoms with Crippen molar-refractivity contribution < 1.29 is 9.13 Å². The van der Waals surface area contributed by atoms with Crippen LogP contribution < -0.4 is 4.74 Å². The maximum absolute atomic E-state index is 14.0. The Bertz CT molecular complexity index is 612. The van der Waals surface area contributed by atoms with Gasteiger partial charge in [0.2, 0.25) is 0 Å². The van der Waals surface area contributed by atoms with Crippen LogP contribution in [0.2, 0.25) is 0 Å². The summed E-state index contributed by atoms with van der Waals surface area (Å²) in [6.07, 6.45) is 7.31. The highest BCUT2D eigenvalue weighted by Crippen LogP contribution is 2.33. The SMILES string of the molecule is CCOc1ccc(-c2ccc(C3CC[CH]CC3)cc2)cc1F. The smallest absolute Gasteiger partial charge is 0.165 e. The molecule has 0 aromatic heterocycles. The molecule has 2 aromatic carbocycles. The molecule has 1 radical (unpaired) electrons. The molecular formula is C20H22FO. The van der Waals surface area contributed by atoms with Gasteiger partial charge < -0.3 is 4.74 Å².